The maximum Gasteiger partial charge on any atom is 0.224 e. The summed E-state index contributed by atoms with van der Waals surface area (Å²) in [5, 5.41) is 7.51. The molecule has 0 aliphatic rings. The molecule has 21 heavy (non-hydrogen) atoms. The summed E-state index contributed by atoms with van der Waals surface area (Å²) in [5.41, 5.74) is 0.953. The number of para-hydroxylation sites is 1. The fourth-order valence-corrected chi connectivity index (χ4v) is 2.21. The summed E-state index contributed by atoms with van der Waals surface area (Å²) < 4.78 is 0. The average molecular weight is 287 g/mol. The lowest BCUT2D eigenvalue weighted by Crippen LogP contribution is -2.32. The van der Waals surface area contributed by atoms with Crippen LogP contribution in [0.3, 0.4) is 0 Å². The van der Waals surface area contributed by atoms with Crippen LogP contribution in [0.1, 0.15) is 20.3 Å². The molecule has 5 heteroatoms. The number of fused-ring (bicyclic) bond motifs is 1. The highest BCUT2D eigenvalue weighted by Gasteiger charge is 2.08. The van der Waals surface area contributed by atoms with Crippen LogP contribution in [0.2, 0.25) is 0 Å². The Bertz CT molecular complexity index is 584. The van der Waals surface area contributed by atoms with Gasteiger partial charge >= 0.3 is 0 Å². The van der Waals surface area contributed by atoms with E-state index in [0.717, 1.165) is 36.2 Å². The number of likely N-dealkylation sites (N-methyl/N-ethyl adjacent to an activating group) is 1. The van der Waals surface area contributed by atoms with Crippen molar-refractivity contribution in [2.75, 3.05) is 37.8 Å². The highest BCUT2D eigenvalue weighted by atomic mass is 15.2. The fraction of sp³-hybridized carbons (Fsp3) is 0.500. The Morgan fingerprint density at radius 2 is 2.00 bits per heavy atom. The molecule has 0 fully saturated rings. The molecular formula is C16H25N5. The lowest BCUT2D eigenvalue weighted by Gasteiger charge is -2.23. The van der Waals surface area contributed by atoms with Crippen molar-refractivity contribution in [3.8, 4) is 0 Å². The minimum absolute atomic E-state index is 0.599. The Morgan fingerprint density at radius 1 is 1.24 bits per heavy atom. The predicted molar refractivity (Wildman–Crippen MR) is 90.0 cm³/mol. The van der Waals surface area contributed by atoms with E-state index in [4.69, 9.17) is 0 Å². The number of hydrogen-bond donors (Lipinski definition) is 2. The second-order valence-electron chi connectivity index (χ2n) is 5.33. The Kier molecular flexibility index (Phi) is 5.33. The molecule has 1 atom stereocenters. The van der Waals surface area contributed by atoms with E-state index in [2.05, 4.69) is 52.5 Å². The van der Waals surface area contributed by atoms with Gasteiger partial charge in [0.1, 0.15) is 5.82 Å². The largest absolute Gasteiger partial charge is 0.368 e. The predicted octanol–water partition coefficient (Wildman–Crippen LogP) is 2.81. The molecule has 0 bridgehead atoms. The van der Waals surface area contributed by atoms with Gasteiger partial charge in [0.25, 0.3) is 0 Å². The Morgan fingerprint density at radius 3 is 2.71 bits per heavy atom. The molecule has 0 radical (unpaired) electrons. The molecular weight excluding hydrogens is 262 g/mol. The monoisotopic (exact) mass is 287 g/mol. The zero-order chi connectivity index (χ0) is 15.2. The molecule has 0 spiro atoms. The summed E-state index contributed by atoms with van der Waals surface area (Å²) in [6.07, 6.45) is 1.16. The Labute approximate surface area is 126 Å². The molecule has 0 saturated heterocycles. The summed E-state index contributed by atoms with van der Waals surface area (Å²) in [6.45, 7) is 6.32. The van der Waals surface area contributed by atoms with E-state index < -0.39 is 0 Å². The smallest absolute Gasteiger partial charge is 0.224 e. The van der Waals surface area contributed by atoms with Gasteiger partial charge in [-0.25, -0.2) is 4.98 Å². The lowest BCUT2D eigenvalue weighted by molar-refractivity contribution is 0.261. The van der Waals surface area contributed by atoms with Crippen molar-refractivity contribution in [3.63, 3.8) is 0 Å². The number of nitrogens with one attached hydrogen (secondary N) is 2. The SMILES string of the molecule is CCC(C)N(C)CCNc1nc(NC)nc2ccccc12. The van der Waals surface area contributed by atoms with Crippen molar-refractivity contribution in [2.45, 2.75) is 26.3 Å². The van der Waals surface area contributed by atoms with Gasteiger partial charge in [0, 0.05) is 31.6 Å². The van der Waals surface area contributed by atoms with Gasteiger partial charge in [-0.15, -0.1) is 0 Å². The molecule has 1 aromatic carbocycles. The zero-order valence-corrected chi connectivity index (χ0v) is 13.3. The van der Waals surface area contributed by atoms with Crippen LogP contribution in [-0.4, -0.2) is 48.1 Å². The van der Waals surface area contributed by atoms with Gasteiger partial charge in [-0.2, -0.15) is 4.98 Å². The lowest BCUT2D eigenvalue weighted by atomic mass is 10.2. The molecule has 0 saturated carbocycles. The van der Waals surface area contributed by atoms with Gasteiger partial charge in [0.05, 0.1) is 5.52 Å². The first-order chi connectivity index (χ1) is 10.2. The standard InChI is InChI=1S/C16H25N5/c1-5-12(2)21(4)11-10-18-15-13-8-6-7-9-14(13)19-16(17-3)20-15/h6-9,12H,5,10-11H2,1-4H3,(H2,17,18,19,20). The topological polar surface area (TPSA) is 53.1 Å². The van der Waals surface area contributed by atoms with Crippen LogP contribution >= 0.6 is 0 Å². The van der Waals surface area contributed by atoms with Crippen LogP contribution in [-0.2, 0) is 0 Å². The Hall–Kier alpha value is -1.88. The first-order valence-electron chi connectivity index (χ1n) is 7.54. The zero-order valence-electron chi connectivity index (χ0n) is 13.3. The van der Waals surface area contributed by atoms with E-state index >= 15 is 0 Å². The highest BCUT2D eigenvalue weighted by molar-refractivity contribution is 5.89. The third-order valence-corrected chi connectivity index (χ3v) is 3.93. The molecule has 2 N–H and O–H groups in total. The summed E-state index contributed by atoms with van der Waals surface area (Å²) in [7, 11) is 4.00. The molecule has 0 aliphatic carbocycles. The number of benzene rings is 1. The van der Waals surface area contributed by atoms with Crippen molar-refractivity contribution in [1.29, 1.82) is 0 Å². The maximum atomic E-state index is 4.53. The van der Waals surface area contributed by atoms with E-state index in [0.29, 0.717) is 12.0 Å². The van der Waals surface area contributed by atoms with Crippen LogP contribution in [0.15, 0.2) is 24.3 Å². The molecule has 114 valence electrons. The van der Waals surface area contributed by atoms with Crippen molar-refractivity contribution in [2.24, 2.45) is 0 Å². The molecule has 1 heterocycles. The van der Waals surface area contributed by atoms with Gasteiger partial charge in [0.15, 0.2) is 0 Å². The number of nitrogens with zero attached hydrogens (tertiary/aromatic N) is 3. The maximum absolute atomic E-state index is 4.53. The number of anilines is 2. The van der Waals surface area contributed by atoms with Crippen LogP contribution in [0.5, 0.6) is 0 Å². The van der Waals surface area contributed by atoms with Crippen LogP contribution in [0.25, 0.3) is 10.9 Å². The molecule has 0 aliphatic heterocycles. The van der Waals surface area contributed by atoms with Crippen molar-refractivity contribution in [3.05, 3.63) is 24.3 Å². The van der Waals surface area contributed by atoms with E-state index in [1.165, 1.54) is 0 Å². The third-order valence-electron chi connectivity index (χ3n) is 3.93. The average Bonchev–Trinajstić information content (AvgIpc) is 2.53. The second-order valence-corrected chi connectivity index (χ2v) is 5.33. The summed E-state index contributed by atoms with van der Waals surface area (Å²) >= 11 is 0. The van der Waals surface area contributed by atoms with Gasteiger partial charge in [0.2, 0.25) is 5.95 Å². The normalized spacial score (nSPS) is 12.6. The van der Waals surface area contributed by atoms with Crippen LogP contribution in [0.4, 0.5) is 11.8 Å². The van der Waals surface area contributed by atoms with E-state index in [9.17, 15) is 0 Å². The van der Waals surface area contributed by atoms with Crippen LogP contribution in [0, 0.1) is 0 Å². The van der Waals surface area contributed by atoms with E-state index in [-0.39, 0.29) is 0 Å². The first-order valence-corrected chi connectivity index (χ1v) is 7.54. The minimum Gasteiger partial charge on any atom is -0.368 e. The number of hydrogen-bond acceptors (Lipinski definition) is 5. The first kappa shape index (κ1) is 15.5. The van der Waals surface area contributed by atoms with Crippen molar-refractivity contribution < 1.29 is 0 Å². The highest BCUT2D eigenvalue weighted by Crippen LogP contribution is 2.21. The van der Waals surface area contributed by atoms with Crippen molar-refractivity contribution >= 4 is 22.7 Å². The summed E-state index contributed by atoms with van der Waals surface area (Å²) in [6, 6.07) is 8.67. The number of aromatic nitrogens is 2. The van der Waals surface area contributed by atoms with E-state index in [1.54, 1.807) is 0 Å². The molecule has 1 unspecified atom stereocenters. The number of rotatable bonds is 7. The fourth-order valence-electron chi connectivity index (χ4n) is 2.21. The van der Waals surface area contributed by atoms with Gasteiger partial charge < -0.3 is 15.5 Å². The molecule has 2 aromatic rings. The Balaban J connectivity index is 2.10. The minimum atomic E-state index is 0.599. The second kappa shape index (κ2) is 7.22. The summed E-state index contributed by atoms with van der Waals surface area (Å²) in [4.78, 5) is 11.4. The van der Waals surface area contributed by atoms with Gasteiger partial charge in [-0.3, -0.25) is 0 Å². The van der Waals surface area contributed by atoms with Gasteiger partial charge in [-0.05, 0) is 32.5 Å². The van der Waals surface area contributed by atoms with Crippen LogP contribution < -0.4 is 10.6 Å². The van der Waals surface area contributed by atoms with Crippen molar-refractivity contribution in [1.82, 2.24) is 14.9 Å². The third kappa shape index (κ3) is 3.82. The summed E-state index contributed by atoms with van der Waals surface area (Å²) in [5.74, 6) is 1.54. The van der Waals surface area contributed by atoms with E-state index in [1.807, 2.05) is 25.2 Å². The molecule has 2 rings (SSSR count). The quantitative estimate of drug-likeness (QED) is 0.820. The molecule has 1 aromatic heterocycles. The molecule has 5 nitrogen and oxygen atoms in total. The van der Waals surface area contributed by atoms with Gasteiger partial charge in [-0.1, -0.05) is 19.1 Å². The molecule has 0 amide bonds.